The molecule has 0 saturated heterocycles. The van der Waals surface area contributed by atoms with Crippen molar-refractivity contribution in [3.8, 4) is 17.5 Å². The van der Waals surface area contributed by atoms with E-state index in [1.165, 1.54) is 26.1 Å². The number of hydrogen-bond donors (Lipinski definition) is 0. The SMILES string of the molecule is CCCC(=O)OCn1c(-c2cnn(Cc3cccc(C(F)(F)F)c3)c2)nc2c(=O)n(CCC)c(C#N)nc21. The number of fused-ring (bicyclic) bond motifs is 1. The number of rotatable bonds is 9. The van der Waals surface area contributed by atoms with Crippen LogP contribution in [0.1, 0.15) is 50.1 Å². The maximum absolute atomic E-state index is 13.2. The molecule has 0 radical (unpaired) electrons. The molecule has 0 aliphatic heterocycles. The van der Waals surface area contributed by atoms with E-state index in [0.717, 1.165) is 12.1 Å². The van der Waals surface area contributed by atoms with Gasteiger partial charge in [0.05, 0.1) is 23.9 Å². The van der Waals surface area contributed by atoms with Gasteiger partial charge >= 0.3 is 12.1 Å². The van der Waals surface area contributed by atoms with E-state index in [1.807, 2.05) is 19.9 Å². The molecule has 4 aromatic rings. The van der Waals surface area contributed by atoms with Crippen LogP contribution in [0.25, 0.3) is 22.6 Å². The van der Waals surface area contributed by atoms with Crippen LogP contribution in [0.4, 0.5) is 13.2 Å². The molecule has 0 amide bonds. The summed E-state index contributed by atoms with van der Waals surface area (Å²) in [5.41, 5.74) is -0.403. The van der Waals surface area contributed by atoms with Gasteiger partial charge < -0.3 is 4.74 Å². The molecule has 0 saturated carbocycles. The highest BCUT2D eigenvalue weighted by Crippen LogP contribution is 2.30. The standard InChI is InChI=1S/C25H24F3N7O3/c1-3-6-20(36)38-15-35-22(32-21-23(35)31-19(11-29)34(9-4-2)24(21)37)17-12-30-33(14-17)13-16-7-5-8-18(10-16)25(26,27)28/h5,7-8,10,12,14H,3-4,6,9,13,15H2,1-2H3. The molecule has 0 aliphatic carbocycles. The van der Waals surface area contributed by atoms with Crippen molar-refractivity contribution < 1.29 is 22.7 Å². The van der Waals surface area contributed by atoms with E-state index in [4.69, 9.17) is 4.74 Å². The van der Waals surface area contributed by atoms with Crippen molar-refractivity contribution >= 4 is 17.1 Å². The molecule has 13 heteroatoms. The normalized spacial score (nSPS) is 11.6. The van der Waals surface area contributed by atoms with E-state index in [-0.39, 0.29) is 49.1 Å². The predicted octanol–water partition coefficient (Wildman–Crippen LogP) is 4.11. The van der Waals surface area contributed by atoms with Crippen molar-refractivity contribution in [2.24, 2.45) is 0 Å². The van der Waals surface area contributed by atoms with Crippen molar-refractivity contribution in [1.82, 2.24) is 28.9 Å². The van der Waals surface area contributed by atoms with Crippen LogP contribution < -0.4 is 5.56 Å². The second-order valence-electron chi connectivity index (χ2n) is 8.56. The van der Waals surface area contributed by atoms with Gasteiger partial charge in [0, 0.05) is 19.2 Å². The van der Waals surface area contributed by atoms with Gasteiger partial charge in [0.25, 0.3) is 5.56 Å². The molecule has 0 fully saturated rings. The topological polar surface area (TPSA) is 121 Å². The van der Waals surface area contributed by atoms with Gasteiger partial charge in [-0.3, -0.25) is 23.4 Å². The smallest absolute Gasteiger partial charge is 0.416 e. The van der Waals surface area contributed by atoms with Crippen molar-refractivity contribution in [3.05, 3.63) is 64.0 Å². The number of alkyl halides is 3. The zero-order valence-corrected chi connectivity index (χ0v) is 20.7. The van der Waals surface area contributed by atoms with E-state index in [2.05, 4.69) is 15.1 Å². The largest absolute Gasteiger partial charge is 0.444 e. The molecule has 1 aromatic carbocycles. The first-order valence-corrected chi connectivity index (χ1v) is 11.9. The molecule has 0 unspecified atom stereocenters. The molecule has 38 heavy (non-hydrogen) atoms. The molecular formula is C25H24F3N7O3. The van der Waals surface area contributed by atoms with Gasteiger partial charge in [0.2, 0.25) is 5.82 Å². The molecule has 10 nitrogen and oxygen atoms in total. The number of esters is 1. The summed E-state index contributed by atoms with van der Waals surface area (Å²) >= 11 is 0. The molecule has 4 rings (SSSR count). The molecule has 0 atom stereocenters. The second-order valence-corrected chi connectivity index (χ2v) is 8.56. The molecule has 0 N–H and O–H groups in total. The Kier molecular flexibility index (Phi) is 7.61. The number of carbonyl (C=O) groups is 1. The minimum atomic E-state index is -4.47. The predicted molar refractivity (Wildman–Crippen MR) is 130 cm³/mol. The van der Waals surface area contributed by atoms with Crippen LogP contribution in [-0.2, 0) is 35.5 Å². The molecule has 0 bridgehead atoms. The van der Waals surface area contributed by atoms with Gasteiger partial charge in [-0.05, 0) is 30.5 Å². The minimum absolute atomic E-state index is 0.00961. The van der Waals surface area contributed by atoms with E-state index in [9.17, 15) is 28.0 Å². The number of ether oxygens (including phenoxy) is 1. The fourth-order valence-corrected chi connectivity index (χ4v) is 3.96. The number of benzene rings is 1. The number of imidazole rings is 1. The Balaban J connectivity index is 1.77. The minimum Gasteiger partial charge on any atom is -0.444 e. The summed E-state index contributed by atoms with van der Waals surface area (Å²) in [4.78, 5) is 34.0. The zero-order valence-electron chi connectivity index (χ0n) is 20.7. The molecule has 3 aromatic heterocycles. The monoisotopic (exact) mass is 527 g/mol. The maximum Gasteiger partial charge on any atom is 0.416 e. The highest BCUT2D eigenvalue weighted by molar-refractivity contribution is 5.77. The van der Waals surface area contributed by atoms with Gasteiger partial charge in [-0.1, -0.05) is 26.0 Å². The third kappa shape index (κ3) is 5.44. The summed E-state index contributed by atoms with van der Waals surface area (Å²) in [6, 6.07) is 6.85. The first kappa shape index (κ1) is 26.6. The van der Waals surface area contributed by atoms with Crippen molar-refractivity contribution in [3.63, 3.8) is 0 Å². The zero-order chi connectivity index (χ0) is 27.4. The van der Waals surface area contributed by atoms with Crippen LogP contribution in [0, 0.1) is 11.3 Å². The van der Waals surface area contributed by atoms with Crippen LogP contribution >= 0.6 is 0 Å². The Morgan fingerprint density at radius 2 is 1.95 bits per heavy atom. The first-order chi connectivity index (χ1) is 18.2. The fraction of sp³-hybridized carbons (Fsp3) is 0.360. The van der Waals surface area contributed by atoms with E-state index in [1.54, 1.807) is 12.3 Å². The highest BCUT2D eigenvalue weighted by atomic mass is 19.4. The summed E-state index contributed by atoms with van der Waals surface area (Å²) in [6.07, 6.45) is -0.109. The first-order valence-electron chi connectivity index (χ1n) is 11.9. The third-order valence-electron chi connectivity index (χ3n) is 5.70. The molecule has 198 valence electrons. The van der Waals surface area contributed by atoms with Gasteiger partial charge in [-0.25, -0.2) is 4.98 Å². The van der Waals surface area contributed by atoms with Crippen LogP contribution in [0.3, 0.4) is 0 Å². The molecule has 0 aliphatic rings. The summed E-state index contributed by atoms with van der Waals surface area (Å²) in [7, 11) is 0. The Bertz CT molecular complexity index is 1580. The second kappa shape index (κ2) is 10.9. The Labute approximate surface area is 214 Å². The average molecular weight is 528 g/mol. The van der Waals surface area contributed by atoms with Gasteiger partial charge in [-0.15, -0.1) is 0 Å². The quantitative estimate of drug-likeness (QED) is 0.301. The van der Waals surface area contributed by atoms with Gasteiger partial charge in [0.1, 0.15) is 11.9 Å². The lowest BCUT2D eigenvalue weighted by Gasteiger charge is -2.10. The van der Waals surface area contributed by atoms with Crippen LogP contribution in [0.2, 0.25) is 0 Å². The van der Waals surface area contributed by atoms with Gasteiger partial charge in [-0.2, -0.15) is 28.5 Å². The summed E-state index contributed by atoms with van der Waals surface area (Å²) < 4.78 is 48.7. The number of nitrogens with zero attached hydrogens (tertiary/aromatic N) is 7. The summed E-state index contributed by atoms with van der Waals surface area (Å²) in [5, 5.41) is 13.8. The molecule has 3 heterocycles. The Morgan fingerprint density at radius 1 is 1.16 bits per heavy atom. The van der Waals surface area contributed by atoms with Crippen LogP contribution in [-0.4, -0.2) is 34.9 Å². The number of hydrogen-bond acceptors (Lipinski definition) is 7. The fourth-order valence-electron chi connectivity index (χ4n) is 3.96. The molecule has 0 spiro atoms. The van der Waals surface area contributed by atoms with Crippen LogP contribution in [0.15, 0.2) is 41.5 Å². The molecular weight excluding hydrogens is 503 g/mol. The van der Waals surface area contributed by atoms with E-state index >= 15 is 0 Å². The third-order valence-corrected chi connectivity index (χ3v) is 5.70. The Morgan fingerprint density at radius 3 is 2.63 bits per heavy atom. The highest BCUT2D eigenvalue weighted by Gasteiger charge is 2.30. The number of nitriles is 1. The van der Waals surface area contributed by atoms with Crippen molar-refractivity contribution in [1.29, 1.82) is 5.26 Å². The van der Waals surface area contributed by atoms with Crippen molar-refractivity contribution in [2.45, 2.75) is 59.1 Å². The lowest BCUT2D eigenvalue weighted by atomic mass is 10.1. The lowest BCUT2D eigenvalue weighted by molar-refractivity contribution is -0.147. The lowest BCUT2D eigenvalue weighted by Crippen LogP contribution is -2.24. The number of carbonyl (C=O) groups excluding carboxylic acids is 1. The summed E-state index contributed by atoms with van der Waals surface area (Å²) in [5.74, 6) is -0.347. The van der Waals surface area contributed by atoms with Crippen LogP contribution in [0.5, 0.6) is 0 Å². The maximum atomic E-state index is 13.2. The Hall–Kier alpha value is -4.47. The van der Waals surface area contributed by atoms with Gasteiger partial charge in [0.15, 0.2) is 17.9 Å². The van der Waals surface area contributed by atoms with Crippen molar-refractivity contribution in [2.75, 3.05) is 0 Å². The number of aromatic nitrogens is 6. The van der Waals surface area contributed by atoms with E-state index < -0.39 is 23.3 Å². The summed E-state index contributed by atoms with van der Waals surface area (Å²) in [6.45, 7) is 3.70. The van der Waals surface area contributed by atoms with E-state index in [0.29, 0.717) is 24.0 Å². The number of halogens is 3. The average Bonchev–Trinajstić information content (AvgIpc) is 3.48.